The minimum absolute atomic E-state index is 0.0283. The second-order valence-corrected chi connectivity index (χ2v) is 6.29. The Balaban J connectivity index is 1.55. The number of carbonyl (C=O) groups excluding carboxylic acids is 1. The van der Waals surface area contributed by atoms with Crippen LogP contribution in [0.25, 0.3) is 5.32 Å². The topological polar surface area (TPSA) is 110 Å². The number of aromatic carboxylic acids is 1. The Bertz CT molecular complexity index is 956. The summed E-state index contributed by atoms with van der Waals surface area (Å²) in [5.74, 6) is -0.977. The zero-order valence-electron chi connectivity index (χ0n) is 15.3. The monoisotopic (exact) mass is 380 g/mol. The number of amides is 2. The predicted molar refractivity (Wildman–Crippen MR) is 100 cm³/mol. The number of hydrogen-bond donors (Lipinski definition) is 2. The van der Waals surface area contributed by atoms with Crippen molar-refractivity contribution in [2.45, 2.75) is 25.9 Å². The van der Waals surface area contributed by atoms with Gasteiger partial charge in [-0.1, -0.05) is 48.5 Å². The summed E-state index contributed by atoms with van der Waals surface area (Å²) in [7, 11) is 0. The van der Waals surface area contributed by atoms with Crippen molar-refractivity contribution in [2.75, 3.05) is 0 Å². The van der Waals surface area contributed by atoms with Gasteiger partial charge in [0.1, 0.15) is 0 Å². The van der Waals surface area contributed by atoms with Crippen LogP contribution in [0.15, 0.2) is 65.3 Å². The van der Waals surface area contributed by atoms with Gasteiger partial charge in [-0.3, -0.25) is 4.79 Å². The highest BCUT2D eigenvalue weighted by Crippen LogP contribution is 2.17. The molecule has 0 radical (unpaired) electrons. The van der Waals surface area contributed by atoms with Crippen LogP contribution in [0.3, 0.4) is 0 Å². The van der Waals surface area contributed by atoms with Crippen LogP contribution in [-0.4, -0.2) is 22.4 Å². The molecular formula is C20H20N4O4. The number of benzene rings is 2. The number of aromatic nitrogens is 2. The summed E-state index contributed by atoms with van der Waals surface area (Å²) in [6.45, 7) is 2.03. The normalized spacial score (nSPS) is 11.6. The highest BCUT2D eigenvalue weighted by atomic mass is 16.5. The molecule has 28 heavy (non-hydrogen) atoms. The number of hydrogen-bond acceptors (Lipinski definition) is 4. The summed E-state index contributed by atoms with van der Waals surface area (Å²) in [6.07, 6.45) is 2.31. The Labute approximate surface area is 161 Å². The molecule has 2 amide bonds. The van der Waals surface area contributed by atoms with E-state index < -0.39 is 12.0 Å². The maximum Gasteiger partial charge on any atom is 0.335 e. The molecule has 8 heteroatoms. The molecule has 1 aromatic heterocycles. The Morgan fingerprint density at radius 2 is 1.89 bits per heavy atom. The van der Waals surface area contributed by atoms with Crippen molar-refractivity contribution in [1.29, 1.82) is 0 Å². The first kappa shape index (κ1) is 19.1. The summed E-state index contributed by atoms with van der Waals surface area (Å²) in [5, 5.41) is 19.4. The summed E-state index contributed by atoms with van der Waals surface area (Å²) in [4.78, 5) is 23.2. The molecule has 0 fully saturated rings. The Morgan fingerprint density at radius 3 is 2.64 bits per heavy atom. The minimum atomic E-state index is -1.05. The fourth-order valence-electron chi connectivity index (χ4n) is 2.75. The molecule has 3 aromatic rings. The van der Waals surface area contributed by atoms with Gasteiger partial charge in [-0.05, 0) is 28.4 Å². The third-order valence-corrected chi connectivity index (χ3v) is 4.19. The quantitative estimate of drug-likeness (QED) is 0.611. The zero-order chi connectivity index (χ0) is 19.9. The number of carbonyl (C=O) groups is 2. The van der Waals surface area contributed by atoms with Crippen LogP contribution in [-0.2, 0) is 13.0 Å². The van der Waals surface area contributed by atoms with Crippen molar-refractivity contribution >= 4 is 17.9 Å². The fraction of sp³-hybridized carbons (Fsp3) is 0.200. The van der Waals surface area contributed by atoms with Gasteiger partial charge in [0.2, 0.25) is 12.1 Å². The first-order chi connectivity index (χ1) is 13.5. The van der Waals surface area contributed by atoms with E-state index in [1.807, 2.05) is 37.3 Å². The molecule has 0 aliphatic carbocycles. The van der Waals surface area contributed by atoms with Gasteiger partial charge >= 0.3 is 5.97 Å². The van der Waals surface area contributed by atoms with Crippen molar-refractivity contribution in [3.05, 3.63) is 82.8 Å². The lowest BCUT2D eigenvalue weighted by molar-refractivity contribution is -0.782. The van der Waals surface area contributed by atoms with Crippen LogP contribution in [0.5, 0.6) is 0 Å². The van der Waals surface area contributed by atoms with Crippen molar-refractivity contribution in [1.82, 2.24) is 10.6 Å². The Kier molecular flexibility index (Phi) is 6.01. The minimum Gasteiger partial charge on any atom is -0.478 e. The number of rotatable bonds is 7. The SMILES string of the molecule is CC(Cc1ccccc1)[n+]1cc([N-]C(=O)NCc2ccccc2C(=O)O)on1. The standard InChI is InChI=1S/C20H20N4O4/c1-14(11-15-7-3-2-4-8-15)24-13-18(28-23-24)22-20(27)21-12-16-9-5-6-10-17(16)19(25)26/h2-10,13-14H,11-12H2,1H3,(H2-,21,22,23,25,26,27). The lowest BCUT2D eigenvalue weighted by Crippen LogP contribution is -2.39. The van der Waals surface area contributed by atoms with Gasteiger partial charge in [-0.25, -0.2) is 4.79 Å². The maximum absolute atomic E-state index is 12.0. The second-order valence-electron chi connectivity index (χ2n) is 6.29. The molecule has 1 atom stereocenters. The van der Waals surface area contributed by atoms with Crippen molar-refractivity contribution < 1.29 is 23.9 Å². The van der Waals surface area contributed by atoms with Gasteiger partial charge in [0, 0.05) is 13.3 Å². The molecule has 0 bridgehead atoms. The van der Waals surface area contributed by atoms with Crippen molar-refractivity contribution in [2.24, 2.45) is 0 Å². The predicted octanol–water partition coefficient (Wildman–Crippen LogP) is 3.38. The number of nitrogens with one attached hydrogen (secondary N) is 1. The molecule has 1 heterocycles. The zero-order valence-corrected chi connectivity index (χ0v) is 15.3. The largest absolute Gasteiger partial charge is 0.478 e. The highest BCUT2D eigenvalue weighted by Gasteiger charge is 2.19. The number of carboxylic acids is 1. The van der Waals surface area contributed by atoms with Crippen molar-refractivity contribution in [3.8, 4) is 0 Å². The Hall–Kier alpha value is -3.68. The molecule has 3 rings (SSSR count). The lowest BCUT2D eigenvalue weighted by atomic mass is 10.1. The van der Waals surface area contributed by atoms with E-state index in [1.165, 1.54) is 11.6 Å². The van der Waals surface area contributed by atoms with Gasteiger partial charge in [-0.2, -0.15) is 0 Å². The van der Waals surface area contributed by atoms with Gasteiger partial charge in [0.15, 0.2) is 17.3 Å². The fourth-order valence-corrected chi connectivity index (χ4v) is 2.75. The van der Waals surface area contributed by atoms with Crippen LogP contribution >= 0.6 is 0 Å². The van der Waals surface area contributed by atoms with Crippen LogP contribution in [0.1, 0.15) is 34.5 Å². The third-order valence-electron chi connectivity index (χ3n) is 4.19. The van der Waals surface area contributed by atoms with E-state index in [0.29, 0.717) is 5.56 Å². The van der Waals surface area contributed by atoms with E-state index in [9.17, 15) is 9.59 Å². The molecule has 2 N–H and O–H groups in total. The van der Waals surface area contributed by atoms with E-state index in [4.69, 9.17) is 9.63 Å². The van der Waals surface area contributed by atoms with E-state index in [2.05, 4.69) is 15.9 Å². The molecular weight excluding hydrogens is 360 g/mol. The smallest absolute Gasteiger partial charge is 0.335 e. The molecule has 0 spiro atoms. The molecule has 8 nitrogen and oxygen atoms in total. The molecule has 0 saturated carbocycles. The summed E-state index contributed by atoms with van der Waals surface area (Å²) in [5.41, 5.74) is 1.79. The van der Waals surface area contributed by atoms with Gasteiger partial charge < -0.3 is 20.3 Å². The summed E-state index contributed by atoms with van der Waals surface area (Å²) in [6, 6.07) is 15.8. The van der Waals surface area contributed by atoms with Gasteiger partial charge in [-0.15, -0.1) is 0 Å². The van der Waals surface area contributed by atoms with E-state index in [0.717, 1.165) is 6.42 Å². The Morgan fingerprint density at radius 1 is 1.18 bits per heavy atom. The van der Waals surface area contributed by atoms with Crippen LogP contribution in [0, 0.1) is 0 Å². The molecule has 144 valence electrons. The summed E-state index contributed by atoms with van der Waals surface area (Å²) >= 11 is 0. The van der Waals surface area contributed by atoms with Crippen LogP contribution < -0.4 is 10.00 Å². The molecule has 2 aromatic carbocycles. The van der Waals surface area contributed by atoms with Gasteiger partial charge in [0.25, 0.3) is 0 Å². The third kappa shape index (κ3) is 4.94. The van der Waals surface area contributed by atoms with Crippen molar-refractivity contribution in [3.63, 3.8) is 0 Å². The number of carboxylic acid groups (broad SMARTS) is 1. The second kappa shape index (κ2) is 8.81. The lowest BCUT2D eigenvalue weighted by Gasteiger charge is -2.14. The van der Waals surface area contributed by atoms with E-state index in [-0.39, 0.29) is 24.0 Å². The van der Waals surface area contributed by atoms with E-state index in [1.54, 1.807) is 29.1 Å². The number of urea groups is 1. The first-order valence-electron chi connectivity index (χ1n) is 8.76. The average Bonchev–Trinajstić information content (AvgIpc) is 3.16. The number of nitrogens with zero attached hydrogens (tertiary/aromatic N) is 3. The van der Waals surface area contributed by atoms with Gasteiger partial charge in [0.05, 0.1) is 5.56 Å². The molecule has 0 aliphatic rings. The maximum atomic E-state index is 12.0. The molecule has 0 saturated heterocycles. The van der Waals surface area contributed by atoms with Crippen LogP contribution in [0.2, 0.25) is 0 Å². The highest BCUT2D eigenvalue weighted by molar-refractivity contribution is 5.94. The van der Waals surface area contributed by atoms with Crippen LogP contribution in [0.4, 0.5) is 10.7 Å². The molecule has 0 aliphatic heterocycles. The first-order valence-corrected chi connectivity index (χ1v) is 8.76. The molecule has 1 unspecified atom stereocenters. The summed E-state index contributed by atoms with van der Waals surface area (Å²) < 4.78 is 6.71. The van der Waals surface area contributed by atoms with E-state index >= 15 is 0 Å². The average molecular weight is 380 g/mol.